The normalized spacial score (nSPS) is 41.0. The van der Waals surface area contributed by atoms with E-state index in [1.54, 1.807) is 48.5 Å². The standard InChI is InChI=1S/C37H67NO13.C27H29NO10.ClH/c1-14-25-37(10,45)30(41)20(4)27(39)18(2)16-35(8,44)32(51-34-28(40)24(38(11)12)15-19(3)47-34)21(5)29(22(6)33(43)49-25)50-26-17-36(9,46-13)31(42)23(7)48-26;1-10-22(30)14(28)7-17(37-10)38-16-9-27(35,11(2)29)8-13-19(16)26(34)21-20(24(13)32)23(31)12-5-4-6-15(36-3)18(12)25(21)33;/h18-26,28-32,34,40-42,44-45H,14-17H2,1-13H3;4-6,10,14,16-17,22,30,32,34-35H,7-9,28H2,1-3H3;1H/t18-,19-,20+,21+,22-,23+,24+,25-,26+,28-,29+,30-,31+,32-,34+,35-,36-,37-;10-,14-,16-,17-,22+,27-;/m10./s1. The van der Waals surface area contributed by atoms with Crippen molar-refractivity contribution in [1.29, 1.82) is 0 Å². The van der Waals surface area contributed by atoms with Gasteiger partial charge in [-0.05, 0) is 94.8 Å². The Kier molecular flexibility index (Phi) is 23.8. The Hall–Kier alpha value is -4.36. The summed E-state index contributed by atoms with van der Waals surface area (Å²) in [6.07, 6.45) is -14.2. The monoisotopic (exact) mass is 1300 g/mol. The predicted molar refractivity (Wildman–Crippen MR) is 324 cm³/mol. The highest BCUT2D eigenvalue weighted by Gasteiger charge is 2.55. The number of aliphatic hydroxyl groups is 7. The number of Topliss-reactive ketones (excluding diaryl/α,β-unsaturated/α-hetero) is 2. The van der Waals surface area contributed by atoms with Gasteiger partial charge >= 0.3 is 5.97 Å². The number of methoxy groups -OCH3 is 2. The molecule has 25 nitrogen and oxygen atoms in total. The Morgan fingerprint density at radius 1 is 0.756 bits per heavy atom. The molecule has 4 aliphatic heterocycles. The van der Waals surface area contributed by atoms with Gasteiger partial charge in [-0.15, -0.1) is 12.4 Å². The lowest BCUT2D eigenvalue weighted by Crippen LogP contribution is -2.61. The summed E-state index contributed by atoms with van der Waals surface area (Å²) in [4.78, 5) is 69.4. The quantitative estimate of drug-likeness (QED) is 0.0973. The van der Waals surface area contributed by atoms with E-state index in [0.717, 1.165) is 0 Å². The van der Waals surface area contributed by atoms with E-state index in [9.17, 15) is 69.9 Å². The minimum absolute atomic E-state index is 0. The lowest BCUT2D eigenvalue weighted by atomic mass is 9.72. The van der Waals surface area contributed by atoms with Crippen LogP contribution >= 0.6 is 12.4 Å². The molecule has 2 aromatic carbocycles. The van der Waals surface area contributed by atoms with Crippen LogP contribution in [0.25, 0.3) is 0 Å². The molecule has 0 spiro atoms. The molecule has 0 amide bonds. The molecule has 0 aromatic heterocycles. The fraction of sp³-hybridized carbons (Fsp3) is 0.734. The molecular formula is C64H97ClN2O23. The Balaban J connectivity index is 0.000000294. The number of phenolic OH excluding ortho intramolecular Hbond substituents is 2. The number of aromatic hydroxyl groups is 2. The molecule has 0 saturated carbocycles. The van der Waals surface area contributed by atoms with E-state index < -0.39 is 190 Å². The highest BCUT2D eigenvalue weighted by atomic mass is 35.5. The maximum Gasteiger partial charge on any atom is 0.311 e. The van der Waals surface area contributed by atoms with Gasteiger partial charge in [-0.2, -0.15) is 0 Å². The summed E-state index contributed by atoms with van der Waals surface area (Å²) in [5.74, 6) is -8.15. The summed E-state index contributed by atoms with van der Waals surface area (Å²) in [6.45, 7) is 19.1. The van der Waals surface area contributed by atoms with E-state index in [1.165, 1.54) is 60.1 Å². The van der Waals surface area contributed by atoms with Crippen LogP contribution in [0.4, 0.5) is 0 Å². The number of carbonyl (C=O) groups excluding carboxylic acids is 5. The first-order valence-electron chi connectivity index (χ1n) is 30.7. The van der Waals surface area contributed by atoms with Crippen LogP contribution < -0.4 is 10.5 Å². The number of aliphatic hydroxyl groups excluding tert-OH is 4. The number of ether oxygens (including phenoxy) is 9. The molecule has 8 rings (SSSR count). The fourth-order valence-corrected chi connectivity index (χ4v) is 14.1. The first kappa shape index (κ1) is 74.7. The lowest BCUT2D eigenvalue weighted by Gasteiger charge is -2.49. The summed E-state index contributed by atoms with van der Waals surface area (Å²) in [6, 6.07) is 3.42. The van der Waals surface area contributed by atoms with Crippen LogP contribution in [0.3, 0.4) is 0 Å². The van der Waals surface area contributed by atoms with Crippen LogP contribution in [0.1, 0.15) is 171 Å². The number of benzene rings is 2. The molecule has 0 bridgehead atoms. The third kappa shape index (κ3) is 14.5. The predicted octanol–water partition coefficient (Wildman–Crippen LogP) is 3.24. The van der Waals surface area contributed by atoms with Crippen molar-refractivity contribution in [3.05, 3.63) is 51.6 Å². The molecule has 2 aliphatic carbocycles. The van der Waals surface area contributed by atoms with E-state index in [-0.39, 0.29) is 84.7 Å². The van der Waals surface area contributed by atoms with Crippen molar-refractivity contribution in [1.82, 2.24) is 4.90 Å². The smallest absolute Gasteiger partial charge is 0.311 e. The molecule has 4 fully saturated rings. The van der Waals surface area contributed by atoms with E-state index >= 15 is 0 Å². The van der Waals surface area contributed by atoms with E-state index in [2.05, 4.69) is 0 Å². The summed E-state index contributed by atoms with van der Waals surface area (Å²) in [5, 5.41) is 102. The highest BCUT2D eigenvalue weighted by Crippen LogP contribution is 2.53. The Labute approximate surface area is 532 Å². The van der Waals surface area contributed by atoms with Gasteiger partial charge in [0.25, 0.3) is 0 Å². The molecular weight excluding hydrogens is 1200 g/mol. The average Bonchev–Trinajstić information content (AvgIpc) is 0.818. The summed E-state index contributed by atoms with van der Waals surface area (Å²) in [7, 11) is 6.52. The second kappa shape index (κ2) is 28.7. The minimum Gasteiger partial charge on any atom is -0.507 e. The molecule has 0 unspecified atom stereocenters. The zero-order valence-electron chi connectivity index (χ0n) is 54.4. The van der Waals surface area contributed by atoms with Crippen molar-refractivity contribution >= 4 is 41.5 Å². The Morgan fingerprint density at radius 3 is 1.96 bits per heavy atom. The average molecular weight is 1300 g/mol. The zero-order valence-corrected chi connectivity index (χ0v) is 55.2. The maximum absolute atomic E-state index is 14.1. The van der Waals surface area contributed by atoms with E-state index in [0.29, 0.717) is 6.42 Å². The number of hydrogen-bond donors (Lipinski definition) is 10. The van der Waals surface area contributed by atoms with Crippen LogP contribution in [-0.2, 0) is 58.7 Å². The number of fused-ring (bicyclic) bond motifs is 3. The Bertz CT molecular complexity index is 2910. The number of halogens is 1. The van der Waals surface area contributed by atoms with Gasteiger partial charge in [0.1, 0.15) is 52.5 Å². The number of ketones is 4. The van der Waals surface area contributed by atoms with Gasteiger partial charge in [-0.25, -0.2) is 0 Å². The minimum atomic E-state index is -2.00. The molecule has 508 valence electrons. The third-order valence-electron chi connectivity index (χ3n) is 19.6. The molecule has 4 heterocycles. The molecule has 2 aromatic rings. The molecule has 4 saturated heterocycles. The molecule has 24 atom stereocenters. The molecule has 26 heteroatoms. The second-order valence-electron chi connectivity index (χ2n) is 26.6. The van der Waals surface area contributed by atoms with Crippen molar-refractivity contribution in [3.8, 4) is 17.2 Å². The van der Waals surface area contributed by atoms with E-state index in [1.807, 2.05) is 25.9 Å². The van der Waals surface area contributed by atoms with Crippen molar-refractivity contribution < 1.29 is 113 Å². The SMILES string of the molecule is CC[C@H]1OC(=O)[C@H](C)[C@@H](O[C@H]2C[C@@](C)(OC)[C@@H](O)[C@H](C)O2)[C@H](C)[C@@H](O[C@@H]2O[C@H](C)C[C@H](N(C)C)[C@H]2O)[C@](C)(O)C[C@@H](C)C(=O)[C@H](C)[C@@H](O)[C@]1(C)O.COc1cccc2c1C(=O)c1c(O)c3c(c(O)c1C2=O)C[C@@](O)(C(C)=O)C[C@@H]3O[C@H]1C[C@H](N)[C@H](O)[C@H](C)O1.Cl. The van der Waals surface area contributed by atoms with Crippen LogP contribution in [0.5, 0.6) is 17.2 Å². The fourth-order valence-electron chi connectivity index (χ4n) is 14.1. The van der Waals surface area contributed by atoms with Crippen LogP contribution in [-0.4, -0.2) is 223 Å². The molecule has 6 aliphatic rings. The van der Waals surface area contributed by atoms with Gasteiger partial charge in [-0.1, -0.05) is 39.8 Å². The first-order valence-corrected chi connectivity index (χ1v) is 30.7. The van der Waals surface area contributed by atoms with Crippen LogP contribution in [0.2, 0.25) is 0 Å². The van der Waals surface area contributed by atoms with Crippen molar-refractivity contribution in [2.75, 3.05) is 28.3 Å². The van der Waals surface area contributed by atoms with Crippen LogP contribution in [0.15, 0.2) is 18.2 Å². The number of carbonyl (C=O) groups is 5. The topological polar surface area (TPSA) is 380 Å². The number of nitrogens with two attached hydrogens (primary N) is 1. The van der Waals surface area contributed by atoms with E-state index in [4.69, 9.17) is 48.4 Å². The Morgan fingerprint density at radius 2 is 1.38 bits per heavy atom. The largest absolute Gasteiger partial charge is 0.507 e. The van der Waals surface area contributed by atoms with Crippen molar-refractivity contribution in [3.63, 3.8) is 0 Å². The third-order valence-corrected chi connectivity index (χ3v) is 19.6. The van der Waals surface area contributed by atoms with Gasteiger partial charge in [0.2, 0.25) is 5.78 Å². The number of nitrogens with zero attached hydrogens (tertiary/aromatic N) is 1. The van der Waals surface area contributed by atoms with Gasteiger partial charge < -0.3 is 99.2 Å². The first-order chi connectivity index (χ1) is 41.3. The summed E-state index contributed by atoms with van der Waals surface area (Å²) < 4.78 is 54.1. The molecule has 11 N–H and O–H groups in total. The lowest BCUT2D eigenvalue weighted by molar-refractivity contribution is -0.318. The van der Waals surface area contributed by atoms with Gasteiger partial charge in [0.15, 0.2) is 30.4 Å². The zero-order chi connectivity index (χ0) is 66.6. The van der Waals surface area contributed by atoms with Gasteiger partial charge in [-0.3, -0.25) is 24.0 Å². The summed E-state index contributed by atoms with van der Waals surface area (Å²) in [5.41, 5.74) is -1.87. The second-order valence-corrected chi connectivity index (χ2v) is 26.6. The number of hydrogen-bond acceptors (Lipinski definition) is 25. The number of esters is 1. The maximum atomic E-state index is 14.1. The number of rotatable bonds is 11. The number of likely N-dealkylation sites (N-methyl/N-ethyl adjacent to an activating group) is 1. The van der Waals surface area contributed by atoms with Crippen molar-refractivity contribution in [2.45, 2.75) is 249 Å². The molecule has 0 radical (unpaired) electrons. The number of cyclic esters (lactones) is 1. The number of phenols is 2. The van der Waals surface area contributed by atoms with Gasteiger partial charge in [0.05, 0.1) is 89.8 Å². The summed E-state index contributed by atoms with van der Waals surface area (Å²) >= 11 is 0. The van der Waals surface area contributed by atoms with Crippen LogP contribution in [0, 0.1) is 23.7 Å². The highest BCUT2D eigenvalue weighted by molar-refractivity contribution is 6.31. The van der Waals surface area contributed by atoms with Crippen molar-refractivity contribution in [2.24, 2.45) is 29.4 Å². The van der Waals surface area contributed by atoms with Gasteiger partial charge in [0, 0.05) is 79.3 Å². The molecule has 90 heavy (non-hydrogen) atoms.